The van der Waals surface area contributed by atoms with Gasteiger partial charge in [0.15, 0.2) is 5.78 Å². The number of benzene rings is 2. The van der Waals surface area contributed by atoms with E-state index in [1.165, 1.54) is 19.2 Å². The minimum Gasteiger partial charge on any atom is -0.382 e. The van der Waals surface area contributed by atoms with E-state index < -0.39 is 39.7 Å². The van der Waals surface area contributed by atoms with Crippen LogP contribution in [0.25, 0.3) is 0 Å². The van der Waals surface area contributed by atoms with Crippen LogP contribution >= 0.6 is 11.8 Å². The van der Waals surface area contributed by atoms with Gasteiger partial charge >= 0.3 is 12.4 Å². The summed E-state index contributed by atoms with van der Waals surface area (Å²) in [6.45, 7) is 3.96. The molecule has 0 spiro atoms. The number of anilines is 1. The van der Waals surface area contributed by atoms with Crippen molar-refractivity contribution < 1.29 is 40.7 Å². The van der Waals surface area contributed by atoms with Crippen LogP contribution in [0, 0.1) is 0 Å². The van der Waals surface area contributed by atoms with E-state index in [0.717, 1.165) is 31.1 Å². The number of halogens is 6. The van der Waals surface area contributed by atoms with Gasteiger partial charge in [0.1, 0.15) is 0 Å². The third kappa shape index (κ3) is 7.97. The predicted molar refractivity (Wildman–Crippen MR) is 142 cm³/mol. The number of carbonyl (C=O) groups excluding carboxylic acids is 2. The monoisotopic (exact) mass is 601 g/mol. The van der Waals surface area contributed by atoms with Crippen molar-refractivity contribution in [2.45, 2.75) is 48.0 Å². The number of rotatable bonds is 7. The number of nitrogens with zero attached hydrogens (tertiary/aromatic N) is 2. The van der Waals surface area contributed by atoms with Crippen molar-refractivity contribution in [1.29, 1.82) is 0 Å². The Bertz CT molecular complexity index is 1280. The summed E-state index contributed by atoms with van der Waals surface area (Å²) in [4.78, 5) is 27.2. The van der Waals surface area contributed by atoms with E-state index in [1.807, 2.05) is 0 Å². The molecule has 0 unspecified atom stereocenters. The Balaban J connectivity index is 1.62. The first kappa shape index (κ1) is 30.8. The molecule has 6 nitrogen and oxygen atoms in total. The highest BCUT2D eigenvalue weighted by Gasteiger charge is 2.47. The Hall–Kier alpha value is -3.19. The van der Waals surface area contributed by atoms with Gasteiger partial charge in [-0.05, 0) is 43.2 Å². The molecule has 4 rings (SSSR count). The number of hydrogen-bond donors (Lipinski definition) is 1. The Labute approximate surface area is 237 Å². The smallest absolute Gasteiger partial charge is 0.382 e. The number of amides is 1. The van der Waals surface area contributed by atoms with Crippen LogP contribution in [-0.2, 0) is 21.9 Å². The zero-order valence-electron chi connectivity index (χ0n) is 22.1. The molecule has 0 aliphatic carbocycles. The zero-order valence-corrected chi connectivity index (χ0v) is 23.0. The molecule has 2 aromatic rings. The Kier molecular flexibility index (Phi) is 9.58. The predicted octanol–water partition coefficient (Wildman–Crippen LogP) is 6.33. The lowest BCUT2D eigenvalue weighted by Gasteiger charge is -2.33. The van der Waals surface area contributed by atoms with E-state index in [9.17, 15) is 35.9 Å². The molecule has 0 atom stereocenters. The molecule has 0 bridgehead atoms. The number of hydrogen-bond acceptors (Lipinski definition) is 6. The van der Waals surface area contributed by atoms with Crippen molar-refractivity contribution in [2.24, 2.45) is 0 Å². The third-order valence-corrected chi connectivity index (χ3v) is 7.90. The van der Waals surface area contributed by atoms with Crippen LogP contribution < -0.4 is 5.32 Å². The molecule has 2 aliphatic rings. The summed E-state index contributed by atoms with van der Waals surface area (Å²) in [6.07, 6.45) is -7.22. The number of ketones is 1. The molecule has 1 amide bonds. The van der Waals surface area contributed by atoms with E-state index in [1.54, 1.807) is 28.0 Å². The highest BCUT2D eigenvalue weighted by Crippen LogP contribution is 2.48. The summed E-state index contributed by atoms with van der Waals surface area (Å²) in [6, 6.07) is 8.27. The van der Waals surface area contributed by atoms with E-state index >= 15 is 0 Å². The van der Waals surface area contributed by atoms with Crippen molar-refractivity contribution in [3.05, 3.63) is 65.4 Å². The maximum atomic E-state index is 14.2. The fourth-order valence-corrected chi connectivity index (χ4v) is 5.79. The fourth-order valence-electron chi connectivity index (χ4n) is 4.75. The second-order valence-electron chi connectivity index (χ2n) is 9.74. The summed E-state index contributed by atoms with van der Waals surface area (Å²) < 4.78 is 90.7. The highest BCUT2D eigenvalue weighted by atomic mass is 32.2. The average molecular weight is 602 g/mol. The van der Waals surface area contributed by atoms with Crippen molar-refractivity contribution >= 4 is 29.1 Å². The Morgan fingerprint density at radius 2 is 1.61 bits per heavy atom. The molecular formula is C28H29F6N3O3S. The van der Waals surface area contributed by atoms with Crippen molar-refractivity contribution in [3.8, 4) is 0 Å². The van der Waals surface area contributed by atoms with Gasteiger partial charge in [0.05, 0.1) is 11.1 Å². The van der Waals surface area contributed by atoms with Gasteiger partial charge in [0.2, 0.25) is 5.91 Å². The lowest BCUT2D eigenvalue weighted by atomic mass is 9.96. The summed E-state index contributed by atoms with van der Waals surface area (Å²) in [5.41, 5.74) is -4.36. The molecule has 2 heterocycles. The number of carbonyl (C=O) groups is 2. The van der Waals surface area contributed by atoms with Gasteiger partial charge in [0.25, 0.3) is 0 Å². The van der Waals surface area contributed by atoms with E-state index in [0.29, 0.717) is 61.7 Å². The molecule has 2 fully saturated rings. The van der Waals surface area contributed by atoms with Gasteiger partial charge in [0, 0.05) is 85.7 Å². The average Bonchev–Trinajstić information content (AvgIpc) is 2.91. The van der Waals surface area contributed by atoms with Crippen molar-refractivity contribution in [3.63, 3.8) is 0 Å². The molecule has 41 heavy (non-hydrogen) atoms. The minimum atomic E-state index is -5.44. The number of alkyl halides is 6. The number of piperazine rings is 1. The largest absolute Gasteiger partial charge is 0.418 e. The zero-order chi connectivity index (χ0) is 29.8. The van der Waals surface area contributed by atoms with Crippen LogP contribution in [0.5, 0.6) is 0 Å². The van der Waals surface area contributed by atoms with Gasteiger partial charge < -0.3 is 19.9 Å². The normalized spacial score (nSPS) is 17.2. The molecule has 222 valence electrons. The Morgan fingerprint density at radius 3 is 2.22 bits per heavy atom. The molecule has 13 heteroatoms. The third-order valence-electron chi connectivity index (χ3n) is 6.85. The molecule has 2 saturated heterocycles. The van der Waals surface area contributed by atoms with E-state index in [4.69, 9.17) is 4.74 Å². The molecule has 0 radical (unpaired) electrons. The minimum absolute atomic E-state index is 0.114. The number of allylic oxidation sites excluding steroid dienone is 1. The van der Waals surface area contributed by atoms with Gasteiger partial charge in [-0.3, -0.25) is 9.59 Å². The van der Waals surface area contributed by atoms with Gasteiger partial charge in [-0.1, -0.05) is 17.8 Å². The molecule has 0 saturated carbocycles. The molecule has 0 aromatic heterocycles. The van der Waals surface area contributed by atoms with Crippen LogP contribution in [-0.4, -0.2) is 66.9 Å². The number of nitrogens with one attached hydrogen (secondary N) is 1. The molecule has 2 aromatic carbocycles. The van der Waals surface area contributed by atoms with Crippen LogP contribution in [0.3, 0.4) is 0 Å². The first-order valence-corrected chi connectivity index (χ1v) is 13.8. The van der Waals surface area contributed by atoms with Crippen LogP contribution in [0.1, 0.15) is 41.3 Å². The quantitative estimate of drug-likeness (QED) is 0.228. The van der Waals surface area contributed by atoms with Crippen molar-refractivity contribution in [2.75, 3.05) is 44.7 Å². The van der Waals surface area contributed by atoms with Gasteiger partial charge in [-0.15, -0.1) is 0 Å². The molecule has 2 aliphatic heterocycles. The maximum Gasteiger partial charge on any atom is 0.418 e. The lowest BCUT2D eigenvalue weighted by molar-refractivity contribution is -0.163. The first-order valence-electron chi connectivity index (χ1n) is 13.0. The standard InChI is InChI=1S/C28H29F6N3O3S/c1-18(38)37-13-11-36(12-14-37)10-7-23(39)22-5-6-24(26(28(32,33)34)25(22)27(29,30)31)41-21-4-2-3-20(17-21)35-19-8-15-40-16-9-19/h2-7,10,17,19,35H,8-9,11-16H2,1H3. The summed E-state index contributed by atoms with van der Waals surface area (Å²) in [5, 5.41) is 3.29. The molecule has 1 N–H and O–H groups in total. The summed E-state index contributed by atoms with van der Waals surface area (Å²) in [5.74, 6) is -1.32. The highest BCUT2D eigenvalue weighted by molar-refractivity contribution is 7.99. The maximum absolute atomic E-state index is 14.2. The fraction of sp³-hybridized carbons (Fsp3) is 0.429. The Morgan fingerprint density at radius 1 is 0.951 bits per heavy atom. The second-order valence-corrected chi connectivity index (χ2v) is 10.9. The lowest BCUT2D eigenvalue weighted by Crippen LogP contribution is -2.45. The van der Waals surface area contributed by atoms with Crippen LogP contribution in [0.2, 0.25) is 0 Å². The first-order chi connectivity index (χ1) is 19.3. The van der Waals surface area contributed by atoms with E-state index in [-0.39, 0.29) is 11.9 Å². The molecular weight excluding hydrogens is 572 g/mol. The van der Waals surface area contributed by atoms with Crippen LogP contribution in [0.15, 0.2) is 58.5 Å². The van der Waals surface area contributed by atoms with Gasteiger partial charge in [-0.25, -0.2) is 0 Å². The topological polar surface area (TPSA) is 61.9 Å². The van der Waals surface area contributed by atoms with Crippen LogP contribution in [0.4, 0.5) is 32.0 Å². The van der Waals surface area contributed by atoms with Crippen molar-refractivity contribution in [1.82, 2.24) is 9.80 Å². The summed E-state index contributed by atoms with van der Waals surface area (Å²) in [7, 11) is 0. The van der Waals surface area contributed by atoms with Gasteiger partial charge in [-0.2, -0.15) is 26.3 Å². The summed E-state index contributed by atoms with van der Waals surface area (Å²) >= 11 is 0.552. The van der Waals surface area contributed by atoms with E-state index in [2.05, 4.69) is 5.32 Å². The number of ether oxygens (including phenoxy) is 1. The second kappa shape index (κ2) is 12.8. The SMILES string of the molecule is CC(=O)N1CCN(C=CC(=O)c2ccc(Sc3cccc(NC4CCOCC4)c3)c(C(F)(F)F)c2C(F)(F)F)CC1.